The average Bonchev–Trinajstić information content (AvgIpc) is 3.19. The Labute approximate surface area is 170 Å². The summed E-state index contributed by atoms with van der Waals surface area (Å²) in [6, 6.07) is 1.58. The van der Waals surface area contributed by atoms with Gasteiger partial charge in [0.15, 0.2) is 0 Å². The van der Waals surface area contributed by atoms with Gasteiger partial charge in [-0.15, -0.1) is 5.10 Å². The van der Waals surface area contributed by atoms with Crippen molar-refractivity contribution in [3.8, 4) is 0 Å². The molecule has 0 aromatic carbocycles. The highest BCUT2D eigenvalue weighted by Crippen LogP contribution is 2.27. The molecular weight excluding hydrogens is 459 g/mol. The minimum Gasteiger partial charge on any atom is -0.345 e. The highest BCUT2D eigenvalue weighted by molar-refractivity contribution is 9.10. The van der Waals surface area contributed by atoms with Crippen LogP contribution in [0.5, 0.6) is 0 Å². The third-order valence-electron chi connectivity index (χ3n) is 4.16. The van der Waals surface area contributed by atoms with E-state index >= 15 is 0 Å². The van der Waals surface area contributed by atoms with Crippen molar-refractivity contribution in [1.29, 1.82) is 0 Å². The fraction of sp³-hybridized carbons (Fsp3) is 0.312. The molecule has 0 spiro atoms. The lowest BCUT2D eigenvalue weighted by Crippen LogP contribution is -2.43. The molecule has 0 aliphatic carbocycles. The van der Waals surface area contributed by atoms with Crippen molar-refractivity contribution in [2.75, 3.05) is 0 Å². The van der Waals surface area contributed by atoms with Gasteiger partial charge in [0.1, 0.15) is 5.69 Å². The number of hydrogen-bond acceptors (Lipinski definition) is 5. The lowest BCUT2D eigenvalue weighted by atomic mass is 10.1. The summed E-state index contributed by atoms with van der Waals surface area (Å²) < 4.78 is 41.7. The number of carbonyl (C=O) groups excluding carboxylic acids is 2. The minimum absolute atomic E-state index is 0.209. The van der Waals surface area contributed by atoms with Crippen LogP contribution in [0.3, 0.4) is 0 Å². The molecule has 3 heterocycles. The number of hydrogen-bond donors (Lipinski definition) is 2. The molecule has 9 nitrogen and oxygen atoms in total. The summed E-state index contributed by atoms with van der Waals surface area (Å²) in [5.41, 5.74) is 5.89. The maximum atomic E-state index is 12.8. The van der Waals surface area contributed by atoms with Gasteiger partial charge in [-0.05, 0) is 35.8 Å². The summed E-state index contributed by atoms with van der Waals surface area (Å²) in [7, 11) is 1.67. The Hall–Kier alpha value is -2.96. The van der Waals surface area contributed by atoms with Crippen molar-refractivity contribution in [2.24, 2.45) is 7.05 Å². The molecule has 3 aromatic heterocycles. The number of nitrogens with one attached hydrogen (secondary N) is 2. The van der Waals surface area contributed by atoms with Gasteiger partial charge >= 0.3 is 6.18 Å². The van der Waals surface area contributed by atoms with Crippen molar-refractivity contribution < 1.29 is 22.8 Å². The van der Waals surface area contributed by atoms with Gasteiger partial charge < -0.3 is 4.57 Å². The summed E-state index contributed by atoms with van der Waals surface area (Å²) in [4.78, 5) is 31.8. The van der Waals surface area contributed by atoms with E-state index in [1.54, 1.807) is 30.8 Å². The van der Waals surface area contributed by atoms with E-state index in [0.29, 0.717) is 27.1 Å². The Morgan fingerprint density at radius 2 is 1.90 bits per heavy atom. The van der Waals surface area contributed by atoms with Crippen molar-refractivity contribution in [3.63, 3.8) is 0 Å². The van der Waals surface area contributed by atoms with Crippen LogP contribution in [0.2, 0.25) is 0 Å². The van der Waals surface area contributed by atoms with Gasteiger partial charge in [-0.1, -0.05) is 0 Å². The zero-order chi connectivity index (χ0) is 21.5. The predicted molar refractivity (Wildman–Crippen MR) is 97.7 cm³/mol. The van der Waals surface area contributed by atoms with E-state index in [2.05, 4.69) is 41.8 Å². The molecule has 0 aliphatic rings. The standard InChI is InChI=1S/C16H15BrF3N7O2/c1-7-10(8(2)27-15(21-7)22-14(25-27)16(18,19)20)5-12(28)23-24-13(29)11-4-9(17)6-26(11)3/h4,6H,5H2,1-3H3,(H,23,28)(H,24,29). The molecule has 0 atom stereocenters. The van der Waals surface area contributed by atoms with Crippen LogP contribution in [0, 0.1) is 13.8 Å². The van der Waals surface area contributed by atoms with E-state index in [4.69, 9.17) is 0 Å². The second-order valence-corrected chi connectivity index (χ2v) is 7.16. The average molecular weight is 474 g/mol. The fourth-order valence-electron chi connectivity index (χ4n) is 2.73. The molecule has 0 radical (unpaired) electrons. The molecule has 154 valence electrons. The first-order valence-electron chi connectivity index (χ1n) is 8.18. The van der Waals surface area contributed by atoms with Gasteiger partial charge in [0, 0.05) is 34.7 Å². The van der Waals surface area contributed by atoms with E-state index in [9.17, 15) is 22.8 Å². The molecule has 0 saturated heterocycles. The third-order valence-corrected chi connectivity index (χ3v) is 4.59. The molecule has 0 bridgehead atoms. The molecule has 29 heavy (non-hydrogen) atoms. The van der Waals surface area contributed by atoms with Gasteiger partial charge in [0.05, 0.1) is 6.42 Å². The van der Waals surface area contributed by atoms with Gasteiger partial charge in [0.25, 0.3) is 17.5 Å². The topological polar surface area (TPSA) is 106 Å². The zero-order valence-corrected chi connectivity index (χ0v) is 17.0. The second kappa shape index (κ2) is 7.46. The normalized spacial score (nSPS) is 11.7. The molecule has 0 unspecified atom stereocenters. The highest BCUT2D eigenvalue weighted by Gasteiger charge is 2.37. The number of alkyl halides is 3. The van der Waals surface area contributed by atoms with Gasteiger partial charge in [0.2, 0.25) is 5.91 Å². The Kier molecular flexibility index (Phi) is 5.34. The number of fused-ring (bicyclic) bond motifs is 1. The molecule has 3 rings (SSSR count). The Bertz CT molecular complexity index is 1120. The number of hydrazine groups is 1. The minimum atomic E-state index is -4.71. The summed E-state index contributed by atoms with van der Waals surface area (Å²) in [6.45, 7) is 3.07. The third kappa shape index (κ3) is 4.23. The number of halogens is 4. The van der Waals surface area contributed by atoms with Gasteiger partial charge in [-0.25, -0.2) is 9.50 Å². The molecule has 13 heteroatoms. The van der Waals surface area contributed by atoms with Crippen LogP contribution < -0.4 is 10.9 Å². The van der Waals surface area contributed by atoms with Crippen molar-refractivity contribution in [3.05, 3.63) is 45.2 Å². The first-order valence-corrected chi connectivity index (χ1v) is 8.97. The van der Waals surface area contributed by atoms with Gasteiger partial charge in [-0.3, -0.25) is 20.4 Å². The molecule has 0 fully saturated rings. The number of nitrogens with zero attached hydrogens (tertiary/aromatic N) is 5. The van der Waals surface area contributed by atoms with Crippen molar-refractivity contribution >= 4 is 33.5 Å². The van der Waals surface area contributed by atoms with E-state index in [1.807, 2.05) is 0 Å². The first-order chi connectivity index (χ1) is 13.5. The van der Waals surface area contributed by atoms with Crippen LogP contribution >= 0.6 is 15.9 Å². The van der Waals surface area contributed by atoms with Crippen LogP contribution in [0.1, 0.15) is 33.3 Å². The van der Waals surface area contributed by atoms with Crippen LogP contribution in [-0.2, 0) is 24.4 Å². The smallest absolute Gasteiger partial charge is 0.345 e. The molecule has 2 N–H and O–H groups in total. The Morgan fingerprint density at radius 1 is 1.21 bits per heavy atom. The lowest BCUT2D eigenvalue weighted by Gasteiger charge is -2.11. The number of aryl methyl sites for hydroxylation is 3. The summed E-state index contributed by atoms with van der Waals surface area (Å²) in [6.07, 6.45) is -3.25. The maximum absolute atomic E-state index is 12.8. The Morgan fingerprint density at radius 3 is 2.48 bits per heavy atom. The molecule has 0 aliphatic heterocycles. The first kappa shape index (κ1) is 20.8. The predicted octanol–water partition coefficient (Wildman–Crippen LogP) is 1.86. The van der Waals surface area contributed by atoms with E-state index in [0.717, 1.165) is 4.52 Å². The number of amides is 2. The number of carbonyl (C=O) groups is 2. The van der Waals surface area contributed by atoms with Crippen LogP contribution in [0.4, 0.5) is 13.2 Å². The quantitative estimate of drug-likeness (QED) is 0.564. The second-order valence-electron chi connectivity index (χ2n) is 6.24. The van der Waals surface area contributed by atoms with Crippen LogP contribution in [-0.4, -0.2) is 36.0 Å². The number of rotatable bonds is 3. The molecular formula is C16H15BrF3N7O2. The number of aromatic nitrogens is 5. The van der Waals surface area contributed by atoms with Crippen molar-refractivity contribution in [1.82, 2.24) is 35.0 Å². The van der Waals surface area contributed by atoms with E-state index < -0.39 is 23.8 Å². The summed E-state index contributed by atoms with van der Waals surface area (Å²) in [5, 5.41) is 3.43. The van der Waals surface area contributed by atoms with E-state index in [1.165, 1.54) is 6.92 Å². The zero-order valence-electron chi connectivity index (χ0n) is 15.4. The van der Waals surface area contributed by atoms with Crippen molar-refractivity contribution in [2.45, 2.75) is 26.4 Å². The van der Waals surface area contributed by atoms with Gasteiger partial charge in [-0.2, -0.15) is 18.2 Å². The van der Waals surface area contributed by atoms with Crippen LogP contribution in [0.25, 0.3) is 5.78 Å². The highest BCUT2D eigenvalue weighted by atomic mass is 79.9. The maximum Gasteiger partial charge on any atom is 0.453 e. The summed E-state index contributed by atoms with van der Waals surface area (Å²) in [5.74, 6) is -2.62. The SMILES string of the molecule is Cc1nc2nc(C(F)(F)F)nn2c(C)c1CC(=O)NNC(=O)c1cc(Br)cn1C. The molecule has 2 amide bonds. The monoisotopic (exact) mass is 473 g/mol. The largest absolute Gasteiger partial charge is 0.453 e. The molecule has 0 saturated carbocycles. The Balaban J connectivity index is 1.76. The summed E-state index contributed by atoms with van der Waals surface area (Å²) >= 11 is 3.25. The molecule has 3 aromatic rings. The fourth-order valence-corrected chi connectivity index (χ4v) is 3.25. The van der Waals surface area contributed by atoms with Crippen LogP contribution in [0.15, 0.2) is 16.7 Å². The van der Waals surface area contributed by atoms with E-state index in [-0.39, 0.29) is 12.2 Å². The lowest BCUT2D eigenvalue weighted by molar-refractivity contribution is -0.144.